The highest BCUT2D eigenvalue weighted by Crippen LogP contribution is 2.20. The van der Waals surface area contributed by atoms with Gasteiger partial charge in [0.1, 0.15) is 5.03 Å². The number of nitrogens with zero attached hydrogens (tertiary/aromatic N) is 1. The molecular weight excluding hydrogens is 216 g/mol. The first-order valence-corrected chi connectivity index (χ1v) is 6.81. The smallest absolute Gasteiger partial charge is 0.111 e. The Bertz CT molecular complexity index is 285. The van der Waals surface area contributed by atoms with E-state index in [0.717, 1.165) is 5.03 Å². The van der Waals surface area contributed by atoms with Gasteiger partial charge in [0, 0.05) is 11.7 Å². The van der Waals surface area contributed by atoms with Crippen LogP contribution in [0, 0.1) is 0 Å². The van der Waals surface area contributed by atoms with Crippen molar-refractivity contribution < 1.29 is 0 Å². The van der Waals surface area contributed by atoms with Crippen molar-refractivity contribution in [3.05, 3.63) is 24.4 Å². The minimum absolute atomic E-state index is 0.178. The van der Waals surface area contributed by atoms with Crippen molar-refractivity contribution in [3.63, 3.8) is 0 Å². The predicted molar refractivity (Wildman–Crippen MR) is 71.5 cm³/mol. The zero-order chi connectivity index (χ0) is 11.9. The summed E-state index contributed by atoms with van der Waals surface area (Å²) in [6.45, 7) is 6.74. The summed E-state index contributed by atoms with van der Waals surface area (Å²) >= 11 is 1.62. The Morgan fingerprint density at radius 2 is 2.12 bits per heavy atom. The summed E-state index contributed by atoms with van der Waals surface area (Å²) in [4.78, 5) is 4.28. The maximum atomic E-state index is 4.28. The van der Waals surface area contributed by atoms with E-state index >= 15 is 0 Å². The van der Waals surface area contributed by atoms with Gasteiger partial charge >= 0.3 is 0 Å². The lowest BCUT2D eigenvalue weighted by Crippen LogP contribution is -2.34. The Balaban J connectivity index is 2.30. The highest BCUT2D eigenvalue weighted by molar-refractivity contribution is 7.97. The number of pyridine rings is 1. The fraction of sp³-hybridized carbons (Fsp3) is 0.615. The minimum Gasteiger partial charge on any atom is -0.253 e. The summed E-state index contributed by atoms with van der Waals surface area (Å²) in [7, 11) is 0. The molecule has 1 heterocycles. The second-order valence-electron chi connectivity index (χ2n) is 4.71. The number of hydrogen-bond acceptors (Lipinski definition) is 3. The first-order chi connectivity index (χ1) is 7.64. The van der Waals surface area contributed by atoms with Gasteiger partial charge in [-0.25, -0.2) is 4.98 Å². The summed E-state index contributed by atoms with van der Waals surface area (Å²) in [6, 6.07) is 5.98. The molecule has 0 amide bonds. The molecule has 1 aromatic heterocycles. The first-order valence-electron chi connectivity index (χ1n) is 5.99. The molecule has 0 atom stereocenters. The molecule has 0 saturated carbocycles. The van der Waals surface area contributed by atoms with Crippen LogP contribution in [0.1, 0.15) is 46.5 Å². The Morgan fingerprint density at radius 3 is 2.75 bits per heavy atom. The molecule has 0 aromatic carbocycles. The number of unbranched alkanes of at least 4 members (excludes halogenated alkanes) is 2. The molecule has 2 nitrogen and oxygen atoms in total. The molecule has 0 saturated heterocycles. The van der Waals surface area contributed by atoms with Gasteiger partial charge in [-0.2, -0.15) is 0 Å². The zero-order valence-electron chi connectivity index (χ0n) is 10.5. The van der Waals surface area contributed by atoms with Crippen molar-refractivity contribution in [1.29, 1.82) is 0 Å². The van der Waals surface area contributed by atoms with Crippen LogP contribution >= 0.6 is 11.9 Å². The van der Waals surface area contributed by atoms with Gasteiger partial charge in [0.25, 0.3) is 0 Å². The van der Waals surface area contributed by atoms with Crippen LogP contribution in [0.15, 0.2) is 29.4 Å². The van der Waals surface area contributed by atoms with E-state index in [4.69, 9.17) is 0 Å². The maximum absolute atomic E-state index is 4.28. The van der Waals surface area contributed by atoms with Crippen LogP contribution in [-0.2, 0) is 0 Å². The van der Waals surface area contributed by atoms with E-state index in [1.807, 2.05) is 24.4 Å². The summed E-state index contributed by atoms with van der Waals surface area (Å²) < 4.78 is 3.49. The van der Waals surface area contributed by atoms with Gasteiger partial charge in [0.15, 0.2) is 0 Å². The third-order valence-corrected chi connectivity index (χ3v) is 3.58. The normalized spacial score (nSPS) is 11.7. The van der Waals surface area contributed by atoms with Crippen LogP contribution in [0.5, 0.6) is 0 Å². The molecule has 3 heteroatoms. The molecule has 0 aliphatic carbocycles. The molecule has 0 bridgehead atoms. The summed E-state index contributed by atoms with van der Waals surface area (Å²) in [6.07, 6.45) is 6.93. The number of nitrogens with one attached hydrogen (secondary N) is 1. The average molecular weight is 238 g/mol. The molecule has 0 unspecified atom stereocenters. The quantitative estimate of drug-likeness (QED) is 0.573. The number of hydrogen-bond donors (Lipinski definition) is 1. The van der Waals surface area contributed by atoms with Crippen LogP contribution in [-0.4, -0.2) is 10.5 Å². The minimum atomic E-state index is 0.178. The van der Waals surface area contributed by atoms with Gasteiger partial charge in [0.2, 0.25) is 0 Å². The van der Waals surface area contributed by atoms with Crippen molar-refractivity contribution in [3.8, 4) is 0 Å². The monoisotopic (exact) mass is 238 g/mol. The van der Waals surface area contributed by atoms with E-state index < -0.39 is 0 Å². The Kier molecular flexibility index (Phi) is 5.85. The summed E-state index contributed by atoms with van der Waals surface area (Å²) in [5.41, 5.74) is 0.178. The van der Waals surface area contributed by atoms with Crippen molar-refractivity contribution in [1.82, 2.24) is 9.71 Å². The molecule has 0 fully saturated rings. The SMILES string of the molecule is CCCCCC(C)(C)NSc1ccccn1. The molecular formula is C13H22N2S. The van der Waals surface area contributed by atoms with Crippen molar-refractivity contribution >= 4 is 11.9 Å². The molecule has 0 aliphatic heterocycles. The second kappa shape index (κ2) is 6.92. The van der Waals surface area contributed by atoms with Gasteiger partial charge in [0.05, 0.1) is 0 Å². The highest BCUT2D eigenvalue weighted by Gasteiger charge is 2.16. The molecule has 0 radical (unpaired) electrons. The predicted octanol–water partition coefficient (Wildman–Crippen LogP) is 4.04. The standard InChI is InChI=1S/C13H22N2S/c1-4-5-7-10-13(2,3)15-16-12-9-6-8-11-14-12/h6,8-9,11,15H,4-5,7,10H2,1-3H3. The molecule has 16 heavy (non-hydrogen) atoms. The van der Waals surface area contributed by atoms with E-state index in [0.29, 0.717) is 0 Å². The van der Waals surface area contributed by atoms with Gasteiger partial charge in [-0.05, 0) is 44.3 Å². The Labute approximate surface area is 103 Å². The van der Waals surface area contributed by atoms with Crippen molar-refractivity contribution in [2.45, 2.75) is 57.0 Å². The fourth-order valence-electron chi connectivity index (χ4n) is 1.47. The lowest BCUT2D eigenvalue weighted by molar-refractivity contribution is 0.420. The zero-order valence-corrected chi connectivity index (χ0v) is 11.3. The Morgan fingerprint density at radius 1 is 1.31 bits per heavy atom. The summed E-state index contributed by atoms with van der Waals surface area (Å²) in [5.74, 6) is 0. The largest absolute Gasteiger partial charge is 0.253 e. The Hall–Kier alpha value is -0.540. The molecule has 0 aliphatic rings. The van der Waals surface area contributed by atoms with Crippen molar-refractivity contribution in [2.24, 2.45) is 0 Å². The van der Waals surface area contributed by atoms with Gasteiger partial charge in [-0.15, -0.1) is 0 Å². The van der Waals surface area contributed by atoms with Gasteiger partial charge < -0.3 is 0 Å². The molecule has 1 aromatic rings. The van der Waals surface area contributed by atoms with Crippen LogP contribution in [0.3, 0.4) is 0 Å². The lowest BCUT2D eigenvalue weighted by atomic mass is 9.98. The lowest BCUT2D eigenvalue weighted by Gasteiger charge is -2.25. The molecule has 1 N–H and O–H groups in total. The van der Waals surface area contributed by atoms with E-state index in [1.54, 1.807) is 11.9 Å². The van der Waals surface area contributed by atoms with Crippen LogP contribution < -0.4 is 4.72 Å². The highest BCUT2D eigenvalue weighted by atomic mass is 32.2. The van der Waals surface area contributed by atoms with E-state index in [9.17, 15) is 0 Å². The van der Waals surface area contributed by atoms with E-state index in [2.05, 4.69) is 30.5 Å². The maximum Gasteiger partial charge on any atom is 0.111 e. The van der Waals surface area contributed by atoms with E-state index in [-0.39, 0.29) is 5.54 Å². The third-order valence-electron chi connectivity index (χ3n) is 2.47. The van der Waals surface area contributed by atoms with Gasteiger partial charge in [-0.1, -0.05) is 32.3 Å². The summed E-state index contributed by atoms with van der Waals surface area (Å²) in [5, 5.41) is 1.03. The third kappa shape index (κ3) is 5.52. The number of rotatable bonds is 7. The van der Waals surface area contributed by atoms with Crippen LogP contribution in [0.25, 0.3) is 0 Å². The molecule has 90 valence electrons. The average Bonchev–Trinajstić information content (AvgIpc) is 2.28. The topological polar surface area (TPSA) is 24.9 Å². The van der Waals surface area contributed by atoms with E-state index in [1.165, 1.54) is 25.7 Å². The van der Waals surface area contributed by atoms with Crippen molar-refractivity contribution in [2.75, 3.05) is 0 Å². The molecule has 1 rings (SSSR count). The van der Waals surface area contributed by atoms with Crippen LogP contribution in [0.4, 0.5) is 0 Å². The molecule has 0 spiro atoms. The van der Waals surface area contributed by atoms with Gasteiger partial charge in [-0.3, -0.25) is 4.72 Å². The second-order valence-corrected chi connectivity index (χ2v) is 5.54. The van der Waals surface area contributed by atoms with Crippen LogP contribution in [0.2, 0.25) is 0 Å². The number of aromatic nitrogens is 1. The fourth-order valence-corrected chi connectivity index (χ4v) is 2.21. The first kappa shape index (κ1) is 13.5.